The number of hydrogen-bond acceptors (Lipinski definition) is 3. The summed E-state index contributed by atoms with van der Waals surface area (Å²) in [7, 11) is 0. The average Bonchev–Trinajstić information content (AvgIpc) is 2.31. The highest BCUT2D eigenvalue weighted by Crippen LogP contribution is 2.29. The van der Waals surface area contributed by atoms with Gasteiger partial charge < -0.3 is 5.73 Å². The fourth-order valence-corrected chi connectivity index (χ4v) is 2.25. The zero-order chi connectivity index (χ0) is 11.4. The molecule has 0 saturated carbocycles. The van der Waals surface area contributed by atoms with E-state index in [9.17, 15) is 0 Å². The molecular formula is C12H11N3S. The predicted molar refractivity (Wildman–Crippen MR) is 65.8 cm³/mol. The first-order valence-electron chi connectivity index (χ1n) is 4.78. The summed E-state index contributed by atoms with van der Waals surface area (Å²) in [5.41, 5.74) is 6.24. The van der Waals surface area contributed by atoms with Crippen LogP contribution in [0.15, 0.2) is 58.6 Å². The number of nitrogens with one attached hydrogen (secondary N) is 1. The molecule has 0 atom stereocenters. The van der Waals surface area contributed by atoms with Crippen molar-refractivity contribution in [3.05, 3.63) is 54.4 Å². The molecule has 0 unspecified atom stereocenters. The van der Waals surface area contributed by atoms with Gasteiger partial charge in [0.2, 0.25) is 0 Å². The molecule has 2 rings (SSSR count). The van der Waals surface area contributed by atoms with Crippen LogP contribution in [-0.2, 0) is 0 Å². The van der Waals surface area contributed by atoms with Crippen molar-refractivity contribution in [2.45, 2.75) is 9.79 Å². The van der Waals surface area contributed by atoms with Gasteiger partial charge in [-0.3, -0.25) is 10.4 Å². The van der Waals surface area contributed by atoms with Crippen LogP contribution < -0.4 is 5.73 Å². The average molecular weight is 229 g/mol. The lowest BCUT2D eigenvalue weighted by Crippen LogP contribution is -2.12. The Morgan fingerprint density at radius 2 is 1.94 bits per heavy atom. The molecule has 1 aromatic carbocycles. The number of nitrogens with zero attached hydrogens (tertiary/aromatic N) is 1. The van der Waals surface area contributed by atoms with Gasteiger partial charge in [0.05, 0.1) is 0 Å². The molecule has 3 nitrogen and oxygen atoms in total. The molecule has 0 saturated heterocycles. The molecular weight excluding hydrogens is 218 g/mol. The second-order valence-corrected chi connectivity index (χ2v) is 4.32. The van der Waals surface area contributed by atoms with Gasteiger partial charge in [-0.05, 0) is 18.2 Å². The minimum atomic E-state index is 0.0702. The fraction of sp³-hybridized carbons (Fsp3) is 0. The van der Waals surface area contributed by atoms with Crippen molar-refractivity contribution in [3.8, 4) is 0 Å². The second-order valence-electron chi connectivity index (χ2n) is 3.20. The smallest absolute Gasteiger partial charge is 0.124 e. The molecule has 80 valence electrons. The summed E-state index contributed by atoms with van der Waals surface area (Å²) in [5.74, 6) is 0.0702. The topological polar surface area (TPSA) is 62.8 Å². The zero-order valence-electron chi connectivity index (χ0n) is 8.55. The molecule has 2 aromatic rings. The summed E-state index contributed by atoms with van der Waals surface area (Å²) >= 11 is 1.56. The Balaban J connectivity index is 2.31. The number of hydrogen-bond donors (Lipinski definition) is 2. The normalized spacial score (nSPS) is 10.0. The third kappa shape index (κ3) is 2.41. The monoisotopic (exact) mass is 229 g/mol. The maximum atomic E-state index is 7.48. The Labute approximate surface area is 98.2 Å². The van der Waals surface area contributed by atoms with E-state index in [1.807, 2.05) is 30.3 Å². The third-order valence-corrected chi connectivity index (χ3v) is 3.10. The highest BCUT2D eigenvalue weighted by Gasteiger charge is 2.06. The Bertz CT molecular complexity index is 497. The molecule has 1 aromatic heterocycles. The van der Waals surface area contributed by atoms with Gasteiger partial charge in [-0.1, -0.05) is 30.0 Å². The largest absolute Gasteiger partial charge is 0.384 e. The lowest BCUT2D eigenvalue weighted by molar-refractivity contribution is 1.21. The standard InChI is InChI=1S/C12H11N3S/c13-12(14)10-6-7-15-8-11(10)16-9-4-2-1-3-5-9/h1-8H,(H3,13,14). The molecule has 4 heteroatoms. The van der Waals surface area contributed by atoms with E-state index in [1.54, 1.807) is 30.2 Å². The van der Waals surface area contributed by atoms with Gasteiger partial charge in [-0.25, -0.2) is 0 Å². The van der Waals surface area contributed by atoms with Crippen LogP contribution in [0.3, 0.4) is 0 Å². The molecule has 1 heterocycles. The second kappa shape index (κ2) is 4.81. The van der Waals surface area contributed by atoms with E-state index < -0.39 is 0 Å². The summed E-state index contributed by atoms with van der Waals surface area (Å²) in [6.45, 7) is 0. The van der Waals surface area contributed by atoms with E-state index >= 15 is 0 Å². The summed E-state index contributed by atoms with van der Waals surface area (Å²) in [6, 6.07) is 11.7. The number of rotatable bonds is 3. The molecule has 0 spiro atoms. The Kier molecular flexibility index (Phi) is 3.22. The Morgan fingerprint density at radius 3 is 2.62 bits per heavy atom. The van der Waals surface area contributed by atoms with Gasteiger partial charge in [0.25, 0.3) is 0 Å². The van der Waals surface area contributed by atoms with Crippen LogP contribution in [0.1, 0.15) is 5.56 Å². The van der Waals surface area contributed by atoms with Gasteiger partial charge in [-0.15, -0.1) is 0 Å². The van der Waals surface area contributed by atoms with Crippen molar-refractivity contribution in [2.24, 2.45) is 5.73 Å². The third-order valence-electron chi connectivity index (χ3n) is 2.05. The van der Waals surface area contributed by atoms with Crippen molar-refractivity contribution in [1.82, 2.24) is 4.98 Å². The van der Waals surface area contributed by atoms with Crippen LogP contribution >= 0.6 is 11.8 Å². The van der Waals surface area contributed by atoms with Crippen LogP contribution in [-0.4, -0.2) is 10.8 Å². The van der Waals surface area contributed by atoms with Crippen LogP contribution in [0.4, 0.5) is 0 Å². The highest BCUT2D eigenvalue weighted by molar-refractivity contribution is 7.99. The fourth-order valence-electron chi connectivity index (χ4n) is 1.30. The van der Waals surface area contributed by atoms with Crippen LogP contribution in [0.2, 0.25) is 0 Å². The molecule has 0 aliphatic rings. The minimum absolute atomic E-state index is 0.0702. The van der Waals surface area contributed by atoms with Crippen molar-refractivity contribution < 1.29 is 0 Å². The maximum Gasteiger partial charge on any atom is 0.124 e. The quantitative estimate of drug-likeness (QED) is 0.628. The predicted octanol–water partition coefficient (Wildman–Crippen LogP) is 2.52. The lowest BCUT2D eigenvalue weighted by Gasteiger charge is -2.06. The first-order chi connectivity index (χ1) is 7.77. The van der Waals surface area contributed by atoms with Crippen molar-refractivity contribution in [1.29, 1.82) is 5.41 Å². The molecule has 3 N–H and O–H groups in total. The molecule has 16 heavy (non-hydrogen) atoms. The molecule has 0 aliphatic carbocycles. The lowest BCUT2D eigenvalue weighted by atomic mass is 10.2. The van der Waals surface area contributed by atoms with Gasteiger partial charge in [-0.2, -0.15) is 0 Å². The van der Waals surface area contributed by atoms with Gasteiger partial charge >= 0.3 is 0 Å². The van der Waals surface area contributed by atoms with Gasteiger partial charge in [0.15, 0.2) is 0 Å². The highest BCUT2D eigenvalue weighted by atomic mass is 32.2. The summed E-state index contributed by atoms with van der Waals surface area (Å²) in [4.78, 5) is 6.06. The van der Waals surface area contributed by atoms with Gasteiger partial charge in [0, 0.05) is 27.7 Å². The van der Waals surface area contributed by atoms with E-state index in [0.717, 1.165) is 15.4 Å². The number of nitrogens with two attached hydrogens (primary N) is 1. The first-order valence-corrected chi connectivity index (χ1v) is 5.60. The van der Waals surface area contributed by atoms with E-state index in [2.05, 4.69) is 4.98 Å². The zero-order valence-corrected chi connectivity index (χ0v) is 9.37. The first kappa shape index (κ1) is 10.7. The molecule has 0 fully saturated rings. The van der Waals surface area contributed by atoms with Crippen molar-refractivity contribution >= 4 is 17.6 Å². The number of amidine groups is 1. The van der Waals surface area contributed by atoms with E-state index in [0.29, 0.717) is 0 Å². The van der Waals surface area contributed by atoms with Crippen LogP contribution in [0.5, 0.6) is 0 Å². The Morgan fingerprint density at radius 1 is 1.19 bits per heavy atom. The Hall–Kier alpha value is -1.81. The molecule has 0 radical (unpaired) electrons. The summed E-state index contributed by atoms with van der Waals surface area (Å²) < 4.78 is 0. The number of aromatic nitrogens is 1. The number of nitrogen functional groups attached to an aromatic ring is 1. The maximum absolute atomic E-state index is 7.48. The minimum Gasteiger partial charge on any atom is -0.384 e. The summed E-state index contributed by atoms with van der Waals surface area (Å²) in [6.07, 6.45) is 3.38. The van der Waals surface area contributed by atoms with Crippen molar-refractivity contribution in [2.75, 3.05) is 0 Å². The van der Waals surface area contributed by atoms with Crippen LogP contribution in [0.25, 0.3) is 0 Å². The van der Waals surface area contributed by atoms with E-state index in [1.165, 1.54) is 0 Å². The summed E-state index contributed by atoms with van der Waals surface area (Å²) in [5, 5.41) is 7.48. The number of benzene rings is 1. The molecule has 0 amide bonds. The van der Waals surface area contributed by atoms with Crippen LogP contribution in [0, 0.1) is 5.41 Å². The molecule has 0 bridgehead atoms. The molecule has 0 aliphatic heterocycles. The van der Waals surface area contributed by atoms with Gasteiger partial charge in [0.1, 0.15) is 5.84 Å². The SMILES string of the molecule is N=C(N)c1ccncc1Sc1ccccc1. The number of pyridine rings is 1. The van der Waals surface area contributed by atoms with E-state index in [-0.39, 0.29) is 5.84 Å². The van der Waals surface area contributed by atoms with Crippen molar-refractivity contribution in [3.63, 3.8) is 0 Å². The van der Waals surface area contributed by atoms with E-state index in [4.69, 9.17) is 11.1 Å².